The van der Waals surface area contributed by atoms with Crippen LogP contribution < -0.4 is 24.8 Å². The number of fused-ring (bicyclic) bond motifs is 1. The van der Waals surface area contributed by atoms with Crippen molar-refractivity contribution in [1.29, 1.82) is 0 Å². The maximum Gasteiger partial charge on any atom is 0.231 e. The Kier molecular flexibility index (Phi) is 5.05. The van der Waals surface area contributed by atoms with Gasteiger partial charge in [0.15, 0.2) is 17.5 Å². The van der Waals surface area contributed by atoms with Crippen LogP contribution in [0.1, 0.15) is 11.1 Å². The fraction of sp³-hybridized carbons (Fsp3) is 0.278. The van der Waals surface area contributed by atoms with Crippen molar-refractivity contribution in [2.45, 2.75) is 13.1 Å². The molecule has 2 aromatic rings. The summed E-state index contributed by atoms with van der Waals surface area (Å²) in [5.74, 6) is 3.15. The molecule has 3 rings (SSSR count). The Balaban J connectivity index is 1.55. The van der Waals surface area contributed by atoms with Crippen LogP contribution in [0.2, 0.25) is 0 Å². The Labute approximate surface area is 141 Å². The summed E-state index contributed by atoms with van der Waals surface area (Å²) in [5, 5.41) is 6.57. The lowest BCUT2D eigenvalue weighted by molar-refractivity contribution is 0.174. The topological polar surface area (TPSA) is 64.1 Å². The molecule has 0 aliphatic carbocycles. The summed E-state index contributed by atoms with van der Waals surface area (Å²) in [6, 6.07) is 13.8. The number of hydrogen-bond donors (Lipinski definition) is 2. The summed E-state index contributed by atoms with van der Waals surface area (Å²) < 4.78 is 16.1. The van der Waals surface area contributed by atoms with Crippen LogP contribution in [0.5, 0.6) is 17.2 Å². The number of aliphatic imine (C=N–C) groups is 1. The fourth-order valence-corrected chi connectivity index (χ4v) is 2.49. The SMILES string of the molecule is CN=C(NCc1ccc2c(c1)OCO2)NCc1ccccc1OC. The van der Waals surface area contributed by atoms with Crippen molar-refractivity contribution in [3.63, 3.8) is 0 Å². The molecule has 0 atom stereocenters. The first-order valence-corrected chi connectivity index (χ1v) is 7.75. The van der Waals surface area contributed by atoms with Crippen molar-refractivity contribution < 1.29 is 14.2 Å². The molecule has 0 fully saturated rings. The van der Waals surface area contributed by atoms with Gasteiger partial charge in [0.05, 0.1) is 7.11 Å². The van der Waals surface area contributed by atoms with Gasteiger partial charge in [-0.3, -0.25) is 4.99 Å². The Hall–Kier alpha value is -2.89. The molecule has 6 nitrogen and oxygen atoms in total. The molecule has 1 aliphatic rings. The number of hydrogen-bond acceptors (Lipinski definition) is 4. The molecule has 1 aliphatic heterocycles. The van der Waals surface area contributed by atoms with Crippen molar-refractivity contribution in [3.8, 4) is 17.2 Å². The largest absolute Gasteiger partial charge is 0.496 e. The monoisotopic (exact) mass is 327 g/mol. The lowest BCUT2D eigenvalue weighted by atomic mass is 10.2. The maximum absolute atomic E-state index is 5.39. The number of nitrogens with one attached hydrogen (secondary N) is 2. The minimum Gasteiger partial charge on any atom is -0.496 e. The lowest BCUT2D eigenvalue weighted by Gasteiger charge is -2.14. The normalized spacial score (nSPS) is 12.8. The Morgan fingerprint density at radius 2 is 1.88 bits per heavy atom. The standard InChI is InChI=1S/C18H21N3O3/c1-19-18(21-11-14-5-3-4-6-15(14)22-2)20-10-13-7-8-16-17(9-13)24-12-23-16/h3-9H,10-12H2,1-2H3,(H2,19,20,21). The second-order valence-electron chi connectivity index (χ2n) is 5.28. The molecular formula is C18H21N3O3. The minimum absolute atomic E-state index is 0.286. The molecule has 0 saturated carbocycles. The highest BCUT2D eigenvalue weighted by Crippen LogP contribution is 2.32. The predicted molar refractivity (Wildman–Crippen MR) is 92.6 cm³/mol. The quantitative estimate of drug-likeness (QED) is 0.652. The summed E-state index contributed by atoms with van der Waals surface area (Å²) in [5.41, 5.74) is 2.17. The smallest absolute Gasteiger partial charge is 0.231 e. The van der Waals surface area contributed by atoms with Gasteiger partial charge in [-0.1, -0.05) is 24.3 Å². The molecule has 0 spiro atoms. The van der Waals surface area contributed by atoms with Gasteiger partial charge in [0, 0.05) is 25.7 Å². The molecule has 0 amide bonds. The van der Waals surface area contributed by atoms with Crippen LogP contribution in [0.25, 0.3) is 0 Å². The van der Waals surface area contributed by atoms with E-state index in [1.54, 1.807) is 14.2 Å². The zero-order valence-corrected chi connectivity index (χ0v) is 13.8. The van der Waals surface area contributed by atoms with Gasteiger partial charge in [0.1, 0.15) is 5.75 Å². The third-order valence-corrected chi connectivity index (χ3v) is 3.76. The average molecular weight is 327 g/mol. The van der Waals surface area contributed by atoms with Crippen molar-refractivity contribution in [1.82, 2.24) is 10.6 Å². The van der Waals surface area contributed by atoms with Gasteiger partial charge in [0.2, 0.25) is 6.79 Å². The molecule has 0 bridgehead atoms. The maximum atomic E-state index is 5.39. The Morgan fingerprint density at radius 3 is 2.71 bits per heavy atom. The van der Waals surface area contributed by atoms with Gasteiger partial charge in [-0.15, -0.1) is 0 Å². The molecule has 6 heteroatoms. The zero-order valence-electron chi connectivity index (χ0n) is 13.8. The van der Waals surface area contributed by atoms with Crippen LogP contribution in [-0.4, -0.2) is 26.9 Å². The third-order valence-electron chi connectivity index (χ3n) is 3.76. The zero-order chi connectivity index (χ0) is 16.8. The highest BCUT2D eigenvalue weighted by molar-refractivity contribution is 5.79. The highest BCUT2D eigenvalue weighted by Gasteiger charge is 2.13. The van der Waals surface area contributed by atoms with E-state index >= 15 is 0 Å². The number of guanidine groups is 1. The molecule has 24 heavy (non-hydrogen) atoms. The number of nitrogens with zero attached hydrogens (tertiary/aromatic N) is 1. The molecule has 0 radical (unpaired) electrons. The summed E-state index contributed by atoms with van der Waals surface area (Å²) in [6.07, 6.45) is 0. The second-order valence-corrected chi connectivity index (χ2v) is 5.28. The van der Waals surface area contributed by atoms with Crippen LogP contribution in [0.4, 0.5) is 0 Å². The second kappa shape index (κ2) is 7.59. The first-order valence-electron chi connectivity index (χ1n) is 7.75. The summed E-state index contributed by atoms with van der Waals surface area (Å²) in [7, 11) is 3.42. The molecule has 1 heterocycles. The van der Waals surface area contributed by atoms with Crippen LogP contribution in [0, 0.1) is 0 Å². The summed E-state index contributed by atoms with van der Waals surface area (Å²) in [6.45, 7) is 1.56. The molecule has 0 saturated heterocycles. The lowest BCUT2D eigenvalue weighted by Crippen LogP contribution is -2.36. The Morgan fingerprint density at radius 1 is 1.08 bits per heavy atom. The van der Waals surface area contributed by atoms with Gasteiger partial charge in [0.25, 0.3) is 0 Å². The molecule has 2 N–H and O–H groups in total. The van der Waals surface area contributed by atoms with E-state index in [1.165, 1.54) is 0 Å². The van der Waals surface area contributed by atoms with Crippen molar-refractivity contribution in [3.05, 3.63) is 53.6 Å². The third kappa shape index (κ3) is 3.71. The minimum atomic E-state index is 0.286. The van der Waals surface area contributed by atoms with Gasteiger partial charge < -0.3 is 24.8 Å². The van der Waals surface area contributed by atoms with E-state index in [0.29, 0.717) is 13.1 Å². The number of benzene rings is 2. The van der Waals surface area contributed by atoms with Gasteiger partial charge in [-0.05, 0) is 23.8 Å². The summed E-state index contributed by atoms with van der Waals surface area (Å²) in [4.78, 5) is 4.24. The average Bonchev–Trinajstić information content (AvgIpc) is 3.10. The van der Waals surface area contributed by atoms with Crippen molar-refractivity contribution >= 4 is 5.96 Å². The first kappa shape index (κ1) is 16.0. The fourth-order valence-electron chi connectivity index (χ4n) is 2.49. The van der Waals surface area contributed by atoms with E-state index in [2.05, 4.69) is 15.6 Å². The van der Waals surface area contributed by atoms with E-state index in [0.717, 1.165) is 34.3 Å². The van der Waals surface area contributed by atoms with Crippen LogP contribution in [0.15, 0.2) is 47.5 Å². The predicted octanol–water partition coefficient (Wildman–Crippen LogP) is 2.29. The van der Waals surface area contributed by atoms with Gasteiger partial charge in [-0.25, -0.2) is 0 Å². The van der Waals surface area contributed by atoms with E-state index in [9.17, 15) is 0 Å². The van der Waals surface area contributed by atoms with E-state index in [4.69, 9.17) is 14.2 Å². The Bertz CT molecular complexity index is 731. The van der Waals surface area contributed by atoms with Crippen molar-refractivity contribution in [2.75, 3.05) is 21.0 Å². The molecular weight excluding hydrogens is 306 g/mol. The van der Waals surface area contributed by atoms with Crippen LogP contribution in [-0.2, 0) is 13.1 Å². The number of rotatable bonds is 5. The summed E-state index contributed by atoms with van der Waals surface area (Å²) >= 11 is 0. The van der Waals surface area contributed by atoms with E-state index in [-0.39, 0.29) is 6.79 Å². The highest BCUT2D eigenvalue weighted by atomic mass is 16.7. The van der Waals surface area contributed by atoms with Crippen molar-refractivity contribution in [2.24, 2.45) is 4.99 Å². The molecule has 0 aromatic heterocycles. The van der Waals surface area contributed by atoms with Crippen LogP contribution in [0.3, 0.4) is 0 Å². The van der Waals surface area contributed by atoms with Crippen LogP contribution >= 0.6 is 0 Å². The van der Waals surface area contributed by atoms with Gasteiger partial charge in [-0.2, -0.15) is 0 Å². The first-order chi connectivity index (χ1) is 11.8. The molecule has 126 valence electrons. The number of ether oxygens (including phenoxy) is 3. The number of methoxy groups -OCH3 is 1. The molecule has 0 unspecified atom stereocenters. The van der Waals surface area contributed by atoms with E-state index in [1.807, 2.05) is 42.5 Å². The van der Waals surface area contributed by atoms with E-state index < -0.39 is 0 Å². The number of para-hydroxylation sites is 1. The van der Waals surface area contributed by atoms with Gasteiger partial charge >= 0.3 is 0 Å². The molecule has 2 aromatic carbocycles.